The van der Waals surface area contributed by atoms with Gasteiger partial charge in [-0.25, -0.2) is 4.39 Å². The number of ether oxygens (including phenoxy) is 1. The maximum absolute atomic E-state index is 13.2. The van der Waals surface area contributed by atoms with E-state index in [4.69, 9.17) is 16.3 Å². The highest BCUT2D eigenvalue weighted by Crippen LogP contribution is 2.29. The third-order valence-corrected chi connectivity index (χ3v) is 4.76. The number of carbonyl (C=O) groups excluding carboxylic acids is 3. The van der Waals surface area contributed by atoms with Crippen molar-refractivity contribution in [1.29, 1.82) is 0 Å². The molecule has 0 unspecified atom stereocenters. The molecule has 5 nitrogen and oxygen atoms in total. The largest absolute Gasteiger partial charge is 0.484 e. The summed E-state index contributed by atoms with van der Waals surface area (Å²) in [5.74, 6) is -1.33. The van der Waals surface area contributed by atoms with Crippen molar-refractivity contribution in [3.8, 4) is 5.75 Å². The summed E-state index contributed by atoms with van der Waals surface area (Å²) in [5.41, 5.74) is 1.59. The molecular weight excluding hydrogens is 397 g/mol. The Balaban J connectivity index is 1.49. The van der Waals surface area contributed by atoms with E-state index in [1.807, 2.05) is 0 Å². The molecule has 0 radical (unpaired) electrons. The molecule has 0 spiro atoms. The van der Waals surface area contributed by atoms with Crippen LogP contribution in [0.2, 0.25) is 5.02 Å². The van der Waals surface area contributed by atoms with E-state index in [9.17, 15) is 18.8 Å². The van der Waals surface area contributed by atoms with E-state index in [2.05, 4.69) is 5.32 Å². The van der Waals surface area contributed by atoms with Crippen LogP contribution in [0.3, 0.4) is 0 Å². The molecule has 1 aliphatic rings. The quantitative estimate of drug-likeness (QED) is 0.546. The van der Waals surface area contributed by atoms with Crippen molar-refractivity contribution in [3.63, 3.8) is 0 Å². The number of halogens is 2. The number of hydrogen-bond donors (Lipinski definition) is 1. The van der Waals surface area contributed by atoms with Crippen molar-refractivity contribution in [3.05, 3.63) is 93.8 Å². The summed E-state index contributed by atoms with van der Waals surface area (Å²) in [6.45, 7) is -0.339. The predicted molar refractivity (Wildman–Crippen MR) is 105 cm³/mol. The molecule has 0 aromatic heterocycles. The fourth-order valence-corrected chi connectivity index (χ4v) is 3.26. The van der Waals surface area contributed by atoms with Gasteiger partial charge in [0.05, 0.1) is 5.02 Å². The Morgan fingerprint density at radius 1 is 0.897 bits per heavy atom. The van der Waals surface area contributed by atoms with Gasteiger partial charge in [0.1, 0.15) is 11.6 Å². The van der Waals surface area contributed by atoms with Crippen molar-refractivity contribution >= 4 is 34.8 Å². The van der Waals surface area contributed by atoms with E-state index in [0.29, 0.717) is 22.4 Å². The van der Waals surface area contributed by atoms with Gasteiger partial charge in [-0.15, -0.1) is 0 Å². The summed E-state index contributed by atoms with van der Waals surface area (Å²) in [6.07, 6.45) is 0. The molecule has 3 aromatic carbocycles. The van der Waals surface area contributed by atoms with Crippen LogP contribution < -0.4 is 10.1 Å². The van der Waals surface area contributed by atoms with Gasteiger partial charge in [-0.3, -0.25) is 14.4 Å². The smallest absolute Gasteiger partial charge is 0.262 e. The van der Waals surface area contributed by atoms with E-state index in [0.717, 1.165) is 6.07 Å². The molecule has 0 heterocycles. The van der Waals surface area contributed by atoms with Crippen LogP contribution in [0.25, 0.3) is 0 Å². The molecule has 1 N–H and O–H groups in total. The molecule has 7 heteroatoms. The van der Waals surface area contributed by atoms with Gasteiger partial charge in [0, 0.05) is 34.0 Å². The van der Waals surface area contributed by atoms with Gasteiger partial charge in [-0.1, -0.05) is 35.9 Å². The van der Waals surface area contributed by atoms with Crippen LogP contribution >= 0.6 is 11.6 Å². The number of rotatable bonds is 4. The molecule has 4 rings (SSSR count). The molecule has 0 fully saturated rings. The van der Waals surface area contributed by atoms with Crippen molar-refractivity contribution < 1.29 is 23.5 Å². The zero-order valence-corrected chi connectivity index (χ0v) is 15.6. The number of carbonyl (C=O) groups is 3. The molecule has 29 heavy (non-hydrogen) atoms. The van der Waals surface area contributed by atoms with Crippen LogP contribution in [0.4, 0.5) is 10.1 Å². The molecule has 1 aliphatic carbocycles. The first-order valence-corrected chi connectivity index (χ1v) is 9.02. The lowest BCUT2D eigenvalue weighted by atomic mass is 9.84. The molecule has 3 aromatic rings. The fraction of sp³-hybridized carbons (Fsp3) is 0.0455. The SMILES string of the molecule is O=C(COc1ccc(F)c(Cl)c1)Nc1ccc2c(c1)C(=O)c1ccccc1C2=O. The van der Waals surface area contributed by atoms with Crippen LogP contribution in [-0.4, -0.2) is 24.1 Å². The van der Waals surface area contributed by atoms with Crippen molar-refractivity contribution in [2.75, 3.05) is 11.9 Å². The third-order valence-electron chi connectivity index (χ3n) is 4.47. The summed E-state index contributed by atoms with van der Waals surface area (Å²) in [5, 5.41) is 2.50. The minimum Gasteiger partial charge on any atom is -0.484 e. The van der Waals surface area contributed by atoms with Crippen LogP contribution in [0.1, 0.15) is 31.8 Å². The molecule has 0 saturated carbocycles. The number of fused-ring (bicyclic) bond motifs is 2. The first-order chi connectivity index (χ1) is 13.9. The van der Waals surface area contributed by atoms with Gasteiger partial charge in [-0.2, -0.15) is 0 Å². The topological polar surface area (TPSA) is 72.5 Å². The van der Waals surface area contributed by atoms with Crippen molar-refractivity contribution in [2.45, 2.75) is 0 Å². The van der Waals surface area contributed by atoms with Crippen molar-refractivity contribution in [1.82, 2.24) is 0 Å². The number of ketones is 2. The lowest BCUT2D eigenvalue weighted by Crippen LogP contribution is -2.23. The number of hydrogen-bond acceptors (Lipinski definition) is 4. The average Bonchev–Trinajstić information content (AvgIpc) is 2.73. The Hall–Kier alpha value is -3.51. The van der Waals surface area contributed by atoms with Crippen LogP contribution in [0.5, 0.6) is 5.75 Å². The highest BCUT2D eigenvalue weighted by atomic mass is 35.5. The van der Waals surface area contributed by atoms with Gasteiger partial charge in [0.25, 0.3) is 5.91 Å². The fourth-order valence-electron chi connectivity index (χ4n) is 3.09. The first kappa shape index (κ1) is 18.8. The molecular formula is C22H13ClFNO4. The third kappa shape index (κ3) is 3.62. The number of amides is 1. The van der Waals surface area contributed by atoms with Crippen LogP contribution in [0, 0.1) is 5.82 Å². The second-order valence-electron chi connectivity index (χ2n) is 6.38. The Bertz CT molecular complexity index is 1180. The molecule has 1 amide bonds. The predicted octanol–water partition coefficient (Wildman–Crippen LogP) is 4.27. The number of nitrogens with one attached hydrogen (secondary N) is 1. The minimum atomic E-state index is -0.585. The van der Waals surface area contributed by atoms with Crippen molar-refractivity contribution in [2.24, 2.45) is 0 Å². The maximum Gasteiger partial charge on any atom is 0.262 e. The normalized spacial score (nSPS) is 12.2. The first-order valence-electron chi connectivity index (χ1n) is 8.64. The van der Waals surface area contributed by atoms with Gasteiger partial charge in [-0.05, 0) is 30.3 Å². The van der Waals surface area contributed by atoms with Gasteiger partial charge >= 0.3 is 0 Å². The lowest BCUT2D eigenvalue weighted by Gasteiger charge is -2.18. The summed E-state index contributed by atoms with van der Waals surface area (Å²) in [7, 11) is 0. The maximum atomic E-state index is 13.2. The highest BCUT2D eigenvalue weighted by Gasteiger charge is 2.29. The number of anilines is 1. The summed E-state index contributed by atoms with van der Waals surface area (Å²) in [4.78, 5) is 37.5. The summed E-state index contributed by atoms with van der Waals surface area (Å²) >= 11 is 5.67. The minimum absolute atomic E-state index is 0.110. The van der Waals surface area contributed by atoms with E-state index in [1.54, 1.807) is 30.3 Å². The lowest BCUT2D eigenvalue weighted by molar-refractivity contribution is -0.118. The zero-order chi connectivity index (χ0) is 20.5. The van der Waals surface area contributed by atoms with Crippen LogP contribution in [0.15, 0.2) is 60.7 Å². The molecule has 144 valence electrons. The Labute approximate surface area is 170 Å². The summed E-state index contributed by atoms with van der Waals surface area (Å²) < 4.78 is 18.4. The molecule has 0 bridgehead atoms. The zero-order valence-electron chi connectivity index (χ0n) is 14.9. The average molecular weight is 410 g/mol. The van der Waals surface area contributed by atoms with Gasteiger partial charge < -0.3 is 10.1 Å². The Morgan fingerprint density at radius 3 is 2.24 bits per heavy atom. The van der Waals surface area contributed by atoms with E-state index in [-0.39, 0.29) is 34.5 Å². The monoisotopic (exact) mass is 409 g/mol. The molecule has 0 aliphatic heterocycles. The summed E-state index contributed by atoms with van der Waals surface area (Å²) in [6, 6.07) is 14.9. The molecule has 0 atom stereocenters. The standard InChI is InChI=1S/C22H13ClFNO4/c23-18-10-13(6-8-19(18)24)29-11-20(26)25-12-5-7-16-17(9-12)22(28)15-4-2-1-3-14(15)21(16)27/h1-10H,11H2,(H,25,26). The molecule has 0 saturated heterocycles. The van der Waals surface area contributed by atoms with E-state index < -0.39 is 11.7 Å². The number of benzene rings is 3. The van der Waals surface area contributed by atoms with E-state index >= 15 is 0 Å². The Morgan fingerprint density at radius 2 is 1.55 bits per heavy atom. The van der Waals surface area contributed by atoms with Crippen LogP contribution in [-0.2, 0) is 4.79 Å². The van der Waals surface area contributed by atoms with E-state index in [1.165, 1.54) is 24.3 Å². The second-order valence-corrected chi connectivity index (χ2v) is 6.78. The highest BCUT2D eigenvalue weighted by molar-refractivity contribution is 6.31. The Kier molecular flexibility index (Phi) is 4.86. The van der Waals surface area contributed by atoms with Gasteiger partial charge in [0.15, 0.2) is 18.2 Å². The second kappa shape index (κ2) is 7.48. The van der Waals surface area contributed by atoms with Gasteiger partial charge in [0.2, 0.25) is 0 Å².